The molecule has 2 aliphatic rings. The molecule has 1 aromatic carbocycles. The number of carbonyl (C=O) groups is 1. The highest BCUT2D eigenvalue weighted by molar-refractivity contribution is 5.91. The SMILES string of the molecule is C[C@@H]1CN(C(=O)C2(c3ccccc3)CC2)CCN1. The first-order valence-corrected chi connectivity index (χ1v) is 6.81. The number of nitrogens with one attached hydrogen (secondary N) is 1. The van der Waals surface area contributed by atoms with Crippen molar-refractivity contribution in [3.8, 4) is 0 Å². The van der Waals surface area contributed by atoms with Crippen LogP contribution < -0.4 is 5.32 Å². The third-order valence-electron chi connectivity index (χ3n) is 4.14. The van der Waals surface area contributed by atoms with Gasteiger partial charge < -0.3 is 10.2 Å². The number of rotatable bonds is 2. The molecule has 0 unspecified atom stereocenters. The third kappa shape index (κ3) is 1.93. The Morgan fingerprint density at radius 3 is 2.67 bits per heavy atom. The summed E-state index contributed by atoms with van der Waals surface area (Å²) in [5.41, 5.74) is 0.999. The summed E-state index contributed by atoms with van der Waals surface area (Å²) in [5, 5.41) is 3.38. The first-order chi connectivity index (χ1) is 8.72. The van der Waals surface area contributed by atoms with E-state index in [4.69, 9.17) is 0 Å². The van der Waals surface area contributed by atoms with Crippen molar-refractivity contribution in [1.29, 1.82) is 0 Å². The van der Waals surface area contributed by atoms with Crippen LogP contribution in [-0.2, 0) is 10.2 Å². The van der Waals surface area contributed by atoms with E-state index >= 15 is 0 Å². The van der Waals surface area contributed by atoms with E-state index in [0.29, 0.717) is 11.9 Å². The average Bonchev–Trinajstić information content (AvgIpc) is 3.20. The maximum Gasteiger partial charge on any atom is 0.233 e. The minimum absolute atomic E-state index is 0.196. The number of piperazine rings is 1. The Hall–Kier alpha value is -1.35. The molecule has 0 bridgehead atoms. The summed E-state index contributed by atoms with van der Waals surface area (Å²) in [5.74, 6) is 0.335. The van der Waals surface area contributed by atoms with Crippen LogP contribution in [0.25, 0.3) is 0 Å². The Kier molecular flexibility index (Phi) is 2.86. The maximum absolute atomic E-state index is 12.7. The molecule has 3 heteroatoms. The molecule has 0 spiro atoms. The van der Waals surface area contributed by atoms with Gasteiger partial charge in [0.2, 0.25) is 5.91 Å². The molecule has 0 aromatic heterocycles. The normalized spacial score (nSPS) is 25.8. The van der Waals surface area contributed by atoms with Crippen LogP contribution in [0.2, 0.25) is 0 Å². The molecule has 1 saturated carbocycles. The predicted octanol–water partition coefficient (Wildman–Crippen LogP) is 1.54. The van der Waals surface area contributed by atoms with Gasteiger partial charge in [0, 0.05) is 25.7 Å². The molecule has 1 saturated heterocycles. The molecule has 96 valence electrons. The van der Waals surface area contributed by atoms with Gasteiger partial charge in [-0.1, -0.05) is 30.3 Å². The number of hydrogen-bond donors (Lipinski definition) is 1. The number of nitrogens with zero attached hydrogens (tertiary/aromatic N) is 1. The quantitative estimate of drug-likeness (QED) is 0.856. The number of carbonyl (C=O) groups excluding carboxylic acids is 1. The minimum Gasteiger partial charge on any atom is -0.339 e. The lowest BCUT2D eigenvalue weighted by atomic mass is 9.94. The van der Waals surface area contributed by atoms with Crippen LogP contribution >= 0.6 is 0 Å². The summed E-state index contributed by atoms with van der Waals surface area (Å²) in [6.45, 7) is 4.74. The summed E-state index contributed by atoms with van der Waals surface area (Å²) in [4.78, 5) is 14.8. The molecule has 1 heterocycles. The van der Waals surface area contributed by atoms with Crippen molar-refractivity contribution < 1.29 is 4.79 Å². The van der Waals surface area contributed by atoms with Gasteiger partial charge in [0.15, 0.2) is 0 Å². The molecular weight excluding hydrogens is 224 g/mol. The third-order valence-corrected chi connectivity index (χ3v) is 4.14. The Morgan fingerprint density at radius 1 is 1.33 bits per heavy atom. The van der Waals surface area contributed by atoms with Gasteiger partial charge >= 0.3 is 0 Å². The topological polar surface area (TPSA) is 32.3 Å². The van der Waals surface area contributed by atoms with E-state index in [1.54, 1.807) is 0 Å². The second-order valence-electron chi connectivity index (χ2n) is 5.55. The summed E-state index contributed by atoms with van der Waals surface area (Å²) in [6.07, 6.45) is 2.02. The molecule has 0 radical (unpaired) electrons. The lowest BCUT2D eigenvalue weighted by molar-refractivity contribution is -0.135. The Balaban J connectivity index is 1.80. The van der Waals surface area contributed by atoms with E-state index < -0.39 is 0 Å². The summed E-state index contributed by atoms with van der Waals surface area (Å²) in [6, 6.07) is 10.7. The van der Waals surface area contributed by atoms with E-state index in [1.165, 1.54) is 5.56 Å². The van der Waals surface area contributed by atoms with Crippen LogP contribution in [0, 0.1) is 0 Å². The molecule has 1 atom stereocenters. The Morgan fingerprint density at radius 2 is 2.06 bits per heavy atom. The zero-order valence-corrected chi connectivity index (χ0v) is 10.9. The van der Waals surface area contributed by atoms with Crippen LogP contribution in [0.15, 0.2) is 30.3 Å². The largest absolute Gasteiger partial charge is 0.339 e. The molecule has 1 N–H and O–H groups in total. The summed E-state index contributed by atoms with van der Waals surface area (Å²) in [7, 11) is 0. The predicted molar refractivity (Wildman–Crippen MR) is 71.4 cm³/mol. The first-order valence-electron chi connectivity index (χ1n) is 6.81. The highest BCUT2D eigenvalue weighted by Crippen LogP contribution is 2.49. The molecule has 1 aromatic rings. The van der Waals surface area contributed by atoms with Gasteiger partial charge in [0.1, 0.15) is 0 Å². The van der Waals surface area contributed by atoms with Crippen LogP contribution in [0.4, 0.5) is 0 Å². The monoisotopic (exact) mass is 244 g/mol. The fourth-order valence-electron chi connectivity index (χ4n) is 2.93. The van der Waals surface area contributed by atoms with Gasteiger partial charge in [0.25, 0.3) is 0 Å². The molecule has 2 fully saturated rings. The van der Waals surface area contributed by atoms with Crippen LogP contribution in [0.3, 0.4) is 0 Å². The zero-order chi connectivity index (χ0) is 12.6. The van der Waals surface area contributed by atoms with Crippen molar-refractivity contribution in [3.63, 3.8) is 0 Å². The van der Waals surface area contributed by atoms with E-state index in [2.05, 4.69) is 24.4 Å². The number of amides is 1. The van der Waals surface area contributed by atoms with Gasteiger partial charge in [-0.2, -0.15) is 0 Å². The first kappa shape index (κ1) is 11.7. The fourth-order valence-corrected chi connectivity index (χ4v) is 2.93. The lowest BCUT2D eigenvalue weighted by Gasteiger charge is -2.34. The Bertz CT molecular complexity index is 439. The second-order valence-corrected chi connectivity index (χ2v) is 5.55. The van der Waals surface area contributed by atoms with Crippen LogP contribution in [0.1, 0.15) is 25.3 Å². The van der Waals surface area contributed by atoms with Crippen LogP contribution in [-0.4, -0.2) is 36.5 Å². The standard InChI is InChI=1S/C15H20N2O/c1-12-11-17(10-9-16-12)14(18)15(7-8-15)13-5-3-2-4-6-13/h2-6,12,16H,7-11H2,1H3/t12-/m1/s1. The second kappa shape index (κ2) is 4.39. The van der Waals surface area contributed by atoms with Crippen molar-refractivity contribution in [2.24, 2.45) is 0 Å². The number of benzene rings is 1. The van der Waals surface area contributed by atoms with Crippen molar-refractivity contribution in [1.82, 2.24) is 10.2 Å². The van der Waals surface area contributed by atoms with Gasteiger partial charge in [-0.05, 0) is 25.3 Å². The molecule has 3 rings (SSSR count). The average molecular weight is 244 g/mol. The maximum atomic E-state index is 12.7. The van der Waals surface area contributed by atoms with Gasteiger partial charge in [-0.15, -0.1) is 0 Å². The zero-order valence-electron chi connectivity index (χ0n) is 10.9. The van der Waals surface area contributed by atoms with Crippen molar-refractivity contribution >= 4 is 5.91 Å². The van der Waals surface area contributed by atoms with Crippen molar-refractivity contribution in [2.75, 3.05) is 19.6 Å². The van der Waals surface area contributed by atoms with E-state index in [1.807, 2.05) is 23.1 Å². The van der Waals surface area contributed by atoms with Crippen molar-refractivity contribution in [2.45, 2.75) is 31.2 Å². The lowest BCUT2D eigenvalue weighted by Crippen LogP contribution is -2.53. The summed E-state index contributed by atoms with van der Waals surface area (Å²) >= 11 is 0. The Labute approximate surface area is 108 Å². The van der Waals surface area contributed by atoms with Crippen molar-refractivity contribution in [3.05, 3.63) is 35.9 Å². The highest BCUT2D eigenvalue weighted by atomic mass is 16.2. The molecular formula is C15H20N2O. The van der Waals surface area contributed by atoms with E-state index in [0.717, 1.165) is 32.5 Å². The van der Waals surface area contributed by atoms with Gasteiger partial charge in [-0.3, -0.25) is 4.79 Å². The van der Waals surface area contributed by atoms with Gasteiger partial charge in [0.05, 0.1) is 5.41 Å². The number of hydrogen-bond acceptors (Lipinski definition) is 2. The van der Waals surface area contributed by atoms with E-state index in [-0.39, 0.29) is 5.41 Å². The fraction of sp³-hybridized carbons (Fsp3) is 0.533. The van der Waals surface area contributed by atoms with Gasteiger partial charge in [-0.25, -0.2) is 0 Å². The molecule has 1 aliphatic heterocycles. The minimum atomic E-state index is -0.196. The van der Waals surface area contributed by atoms with Crippen LogP contribution in [0.5, 0.6) is 0 Å². The highest BCUT2D eigenvalue weighted by Gasteiger charge is 2.53. The van der Waals surface area contributed by atoms with E-state index in [9.17, 15) is 4.79 Å². The molecule has 1 amide bonds. The molecule has 1 aliphatic carbocycles. The smallest absolute Gasteiger partial charge is 0.233 e. The molecule has 18 heavy (non-hydrogen) atoms. The summed E-state index contributed by atoms with van der Waals surface area (Å²) < 4.78 is 0. The molecule has 3 nitrogen and oxygen atoms in total.